The molecule has 0 aliphatic heterocycles. The summed E-state index contributed by atoms with van der Waals surface area (Å²) in [5.41, 5.74) is 1.37. The first-order valence-corrected chi connectivity index (χ1v) is 5.79. The fourth-order valence-electron chi connectivity index (χ4n) is 1.29. The zero-order valence-electron chi connectivity index (χ0n) is 8.92. The lowest BCUT2D eigenvalue weighted by molar-refractivity contribution is 0.0524. The maximum atomic E-state index is 11.6. The van der Waals surface area contributed by atoms with Crippen LogP contribution in [0.1, 0.15) is 36.3 Å². The van der Waals surface area contributed by atoms with E-state index in [1.54, 1.807) is 19.2 Å². The van der Waals surface area contributed by atoms with Gasteiger partial charge in [0.1, 0.15) is 0 Å². The van der Waals surface area contributed by atoms with Crippen LogP contribution >= 0.6 is 15.9 Å². The van der Waals surface area contributed by atoms with Gasteiger partial charge in [-0.1, -0.05) is 13.3 Å². The van der Waals surface area contributed by atoms with Gasteiger partial charge in [-0.25, -0.2) is 4.79 Å². The van der Waals surface area contributed by atoms with Gasteiger partial charge in [0.05, 0.1) is 17.9 Å². The highest BCUT2D eigenvalue weighted by molar-refractivity contribution is 9.10. The Kier molecular flexibility index (Phi) is 4.75. The van der Waals surface area contributed by atoms with Gasteiger partial charge in [0.25, 0.3) is 0 Å². The van der Waals surface area contributed by atoms with E-state index in [0.29, 0.717) is 12.2 Å². The Hall–Kier alpha value is -0.900. The molecule has 0 atom stereocenters. The van der Waals surface area contributed by atoms with E-state index in [1.807, 2.05) is 0 Å². The van der Waals surface area contributed by atoms with Crippen molar-refractivity contribution in [1.82, 2.24) is 4.98 Å². The molecule has 0 N–H and O–H groups in total. The van der Waals surface area contributed by atoms with E-state index in [0.717, 1.165) is 23.0 Å². The van der Waals surface area contributed by atoms with Gasteiger partial charge in [-0.15, -0.1) is 0 Å². The fraction of sp³-hybridized carbons (Fsp3) is 0.455. The largest absolute Gasteiger partial charge is 0.462 e. The highest BCUT2D eigenvalue weighted by Crippen LogP contribution is 2.16. The first-order valence-electron chi connectivity index (χ1n) is 5.00. The van der Waals surface area contributed by atoms with E-state index in [2.05, 4.69) is 27.8 Å². The summed E-state index contributed by atoms with van der Waals surface area (Å²) in [5.74, 6) is -0.297. The van der Waals surface area contributed by atoms with Crippen LogP contribution in [-0.2, 0) is 11.2 Å². The van der Waals surface area contributed by atoms with Crippen LogP contribution in [0, 0.1) is 0 Å². The van der Waals surface area contributed by atoms with Crippen molar-refractivity contribution in [3.63, 3.8) is 0 Å². The number of halogens is 1. The summed E-state index contributed by atoms with van der Waals surface area (Å²) < 4.78 is 5.77. The molecule has 0 saturated heterocycles. The number of aromatic nitrogens is 1. The van der Waals surface area contributed by atoms with Crippen LogP contribution < -0.4 is 0 Å². The summed E-state index contributed by atoms with van der Waals surface area (Å²) >= 11 is 3.30. The van der Waals surface area contributed by atoms with Gasteiger partial charge in [0, 0.05) is 10.7 Å². The minimum Gasteiger partial charge on any atom is -0.462 e. The van der Waals surface area contributed by atoms with Crippen molar-refractivity contribution in [2.45, 2.75) is 26.7 Å². The van der Waals surface area contributed by atoms with Gasteiger partial charge in [-0.05, 0) is 35.3 Å². The molecule has 15 heavy (non-hydrogen) atoms. The van der Waals surface area contributed by atoms with Crippen LogP contribution in [0.3, 0.4) is 0 Å². The molecule has 1 rings (SSSR count). The van der Waals surface area contributed by atoms with Gasteiger partial charge in [-0.2, -0.15) is 0 Å². The lowest BCUT2D eigenvalue weighted by Crippen LogP contribution is -2.09. The van der Waals surface area contributed by atoms with E-state index in [-0.39, 0.29) is 5.97 Å². The molecule has 0 fully saturated rings. The molecular weight excluding hydrogens is 258 g/mol. The number of carbonyl (C=O) groups is 1. The topological polar surface area (TPSA) is 39.2 Å². The average Bonchev–Trinajstić information content (AvgIpc) is 2.21. The fourth-order valence-corrected chi connectivity index (χ4v) is 1.62. The number of aryl methyl sites for hydroxylation is 1. The molecule has 1 heterocycles. The third-order valence-electron chi connectivity index (χ3n) is 1.92. The second-order valence-corrected chi connectivity index (χ2v) is 4.03. The van der Waals surface area contributed by atoms with Gasteiger partial charge in [0.2, 0.25) is 0 Å². The minimum atomic E-state index is -0.297. The number of nitrogens with zero attached hydrogens (tertiary/aromatic N) is 1. The highest BCUT2D eigenvalue weighted by Gasteiger charge is 2.13. The van der Waals surface area contributed by atoms with Crippen LogP contribution in [0.25, 0.3) is 0 Å². The zero-order chi connectivity index (χ0) is 11.3. The third-order valence-corrected chi connectivity index (χ3v) is 2.35. The second kappa shape index (κ2) is 5.85. The SMILES string of the molecule is CCCc1ncc(Br)cc1C(=O)OCC. The number of hydrogen-bond donors (Lipinski definition) is 0. The zero-order valence-corrected chi connectivity index (χ0v) is 10.5. The lowest BCUT2D eigenvalue weighted by atomic mass is 10.1. The van der Waals surface area contributed by atoms with Crippen LogP contribution in [0.2, 0.25) is 0 Å². The van der Waals surface area contributed by atoms with Gasteiger partial charge >= 0.3 is 5.97 Å². The molecule has 1 aromatic heterocycles. The Labute approximate surface area is 98.0 Å². The Morgan fingerprint density at radius 3 is 2.87 bits per heavy atom. The quantitative estimate of drug-likeness (QED) is 0.791. The summed E-state index contributed by atoms with van der Waals surface area (Å²) in [6.07, 6.45) is 3.45. The van der Waals surface area contributed by atoms with Crippen molar-refractivity contribution in [2.24, 2.45) is 0 Å². The van der Waals surface area contributed by atoms with E-state index in [9.17, 15) is 4.79 Å². The predicted molar refractivity (Wildman–Crippen MR) is 61.9 cm³/mol. The molecule has 4 heteroatoms. The van der Waals surface area contributed by atoms with E-state index >= 15 is 0 Å². The number of esters is 1. The molecule has 0 spiro atoms. The normalized spacial score (nSPS) is 10.1. The maximum absolute atomic E-state index is 11.6. The monoisotopic (exact) mass is 271 g/mol. The summed E-state index contributed by atoms with van der Waals surface area (Å²) in [5, 5.41) is 0. The molecular formula is C11H14BrNO2. The number of carbonyl (C=O) groups excluding carboxylic acids is 1. The average molecular weight is 272 g/mol. The van der Waals surface area contributed by atoms with Crippen molar-refractivity contribution in [2.75, 3.05) is 6.61 Å². The molecule has 0 amide bonds. The molecule has 0 radical (unpaired) electrons. The molecule has 0 aromatic carbocycles. The molecule has 0 aliphatic carbocycles. The minimum absolute atomic E-state index is 0.297. The Morgan fingerprint density at radius 2 is 2.27 bits per heavy atom. The third kappa shape index (κ3) is 3.30. The molecule has 0 bridgehead atoms. The first-order chi connectivity index (χ1) is 7.19. The summed E-state index contributed by atoms with van der Waals surface area (Å²) in [6.45, 7) is 4.23. The van der Waals surface area contributed by atoms with Crippen LogP contribution in [0.4, 0.5) is 0 Å². The molecule has 0 saturated carbocycles. The predicted octanol–water partition coefficient (Wildman–Crippen LogP) is 2.97. The first kappa shape index (κ1) is 12.2. The Morgan fingerprint density at radius 1 is 1.53 bits per heavy atom. The van der Waals surface area contributed by atoms with Crippen LogP contribution in [0.5, 0.6) is 0 Å². The van der Waals surface area contributed by atoms with Crippen molar-refractivity contribution in [3.8, 4) is 0 Å². The standard InChI is InChI=1S/C11H14BrNO2/c1-3-5-10-9(11(14)15-4-2)6-8(12)7-13-10/h6-7H,3-5H2,1-2H3. The van der Waals surface area contributed by atoms with Crippen molar-refractivity contribution >= 4 is 21.9 Å². The van der Waals surface area contributed by atoms with Gasteiger partial charge in [-0.3, -0.25) is 4.98 Å². The van der Waals surface area contributed by atoms with Gasteiger partial charge in [0.15, 0.2) is 0 Å². The maximum Gasteiger partial charge on any atom is 0.340 e. The lowest BCUT2D eigenvalue weighted by Gasteiger charge is -2.07. The molecule has 1 aromatic rings. The van der Waals surface area contributed by atoms with Crippen molar-refractivity contribution in [1.29, 1.82) is 0 Å². The van der Waals surface area contributed by atoms with Gasteiger partial charge < -0.3 is 4.74 Å². The number of rotatable bonds is 4. The van der Waals surface area contributed by atoms with E-state index in [4.69, 9.17) is 4.74 Å². The molecule has 3 nitrogen and oxygen atoms in total. The number of ether oxygens (including phenoxy) is 1. The Bertz CT molecular complexity index is 352. The van der Waals surface area contributed by atoms with Crippen LogP contribution in [-0.4, -0.2) is 17.6 Å². The summed E-state index contributed by atoms with van der Waals surface area (Å²) in [7, 11) is 0. The Balaban J connectivity index is 3.00. The molecule has 0 unspecified atom stereocenters. The smallest absolute Gasteiger partial charge is 0.340 e. The van der Waals surface area contributed by atoms with Crippen molar-refractivity contribution < 1.29 is 9.53 Å². The summed E-state index contributed by atoms with van der Waals surface area (Å²) in [6, 6.07) is 1.76. The van der Waals surface area contributed by atoms with E-state index < -0.39 is 0 Å². The number of pyridine rings is 1. The second-order valence-electron chi connectivity index (χ2n) is 3.12. The summed E-state index contributed by atoms with van der Waals surface area (Å²) in [4.78, 5) is 15.8. The van der Waals surface area contributed by atoms with E-state index in [1.165, 1.54) is 0 Å². The highest BCUT2D eigenvalue weighted by atomic mass is 79.9. The van der Waals surface area contributed by atoms with Crippen molar-refractivity contribution in [3.05, 3.63) is 28.0 Å². The van der Waals surface area contributed by atoms with Crippen LogP contribution in [0.15, 0.2) is 16.7 Å². The molecule has 82 valence electrons. The number of hydrogen-bond acceptors (Lipinski definition) is 3. The molecule has 0 aliphatic rings.